The normalized spacial score (nSPS) is 12.4. The molecule has 2 aromatic rings. The standard InChI is InChI=1S/C17H25N3O/c1-5-18-14(4)15-8-7-13(3)11-16(15)21-12-17-19-9-10-20(17)6-2/h7-11,14,18H,5-6,12H2,1-4H3. The molecule has 0 saturated carbocycles. The van der Waals surface area contributed by atoms with E-state index in [1.54, 1.807) is 0 Å². The van der Waals surface area contributed by atoms with Crippen LogP contribution < -0.4 is 10.1 Å². The van der Waals surface area contributed by atoms with Crippen molar-refractivity contribution >= 4 is 0 Å². The van der Waals surface area contributed by atoms with Gasteiger partial charge in [0, 0.05) is 30.5 Å². The maximum absolute atomic E-state index is 6.05. The Balaban J connectivity index is 2.16. The van der Waals surface area contributed by atoms with E-state index < -0.39 is 0 Å². The van der Waals surface area contributed by atoms with Gasteiger partial charge in [-0.1, -0.05) is 19.1 Å². The van der Waals surface area contributed by atoms with Gasteiger partial charge in [-0.05, 0) is 38.9 Å². The van der Waals surface area contributed by atoms with Crippen LogP contribution in [-0.4, -0.2) is 16.1 Å². The molecule has 1 N–H and O–H groups in total. The van der Waals surface area contributed by atoms with Crippen molar-refractivity contribution in [1.29, 1.82) is 0 Å². The fourth-order valence-corrected chi connectivity index (χ4v) is 2.45. The van der Waals surface area contributed by atoms with Crippen LogP contribution in [-0.2, 0) is 13.2 Å². The van der Waals surface area contributed by atoms with Crippen LogP contribution in [0.3, 0.4) is 0 Å². The summed E-state index contributed by atoms with van der Waals surface area (Å²) in [5, 5.41) is 3.44. The van der Waals surface area contributed by atoms with Gasteiger partial charge >= 0.3 is 0 Å². The summed E-state index contributed by atoms with van der Waals surface area (Å²) in [6.07, 6.45) is 3.80. The van der Waals surface area contributed by atoms with Crippen LogP contribution in [0.1, 0.15) is 43.8 Å². The molecule has 1 unspecified atom stereocenters. The Bertz CT molecular complexity index is 577. The fourth-order valence-electron chi connectivity index (χ4n) is 2.45. The molecule has 0 aliphatic heterocycles. The molecule has 21 heavy (non-hydrogen) atoms. The van der Waals surface area contributed by atoms with Crippen molar-refractivity contribution < 1.29 is 4.74 Å². The average Bonchev–Trinajstić information content (AvgIpc) is 2.92. The smallest absolute Gasteiger partial charge is 0.146 e. The van der Waals surface area contributed by atoms with E-state index in [1.165, 1.54) is 11.1 Å². The van der Waals surface area contributed by atoms with E-state index in [0.29, 0.717) is 6.61 Å². The van der Waals surface area contributed by atoms with Gasteiger partial charge in [0.15, 0.2) is 0 Å². The number of hydrogen-bond donors (Lipinski definition) is 1. The zero-order chi connectivity index (χ0) is 15.2. The van der Waals surface area contributed by atoms with E-state index in [-0.39, 0.29) is 6.04 Å². The quantitative estimate of drug-likeness (QED) is 0.847. The molecule has 0 aliphatic carbocycles. The van der Waals surface area contributed by atoms with Crippen molar-refractivity contribution in [3.05, 3.63) is 47.5 Å². The minimum atomic E-state index is 0.275. The monoisotopic (exact) mass is 287 g/mol. The first-order valence-corrected chi connectivity index (χ1v) is 7.62. The molecule has 0 spiro atoms. The van der Waals surface area contributed by atoms with Gasteiger partial charge in [0.1, 0.15) is 18.2 Å². The number of rotatable bonds is 7. The number of aryl methyl sites for hydroxylation is 2. The summed E-state index contributed by atoms with van der Waals surface area (Å²) < 4.78 is 8.15. The van der Waals surface area contributed by atoms with Gasteiger partial charge in [0.25, 0.3) is 0 Å². The molecule has 1 atom stereocenters. The second kappa shape index (κ2) is 7.27. The van der Waals surface area contributed by atoms with Crippen LogP contribution in [0.4, 0.5) is 0 Å². The van der Waals surface area contributed by atoms with Crippen LogP contribution in [0, 0.1) is 6.92 Å². The zero-order valence-electron chi connectivity index (χ0n) is 13.4. The number of aromatic nitrogens is 2. The SMILES string of the molecule is CCNC(C)c1ccc(C)cc1OCc1nccn1CC. The highest BCUT2D eigenvalue weighted by atomic mass is 16.5. The summed E-state index contributed by atoms with van der Waals surface area (Å²) in [4.78, 5) is 4.36. The Labute approximate surface area is 127 Å². The summed E-state index contributed by atoms with van der Waals surface area (Å²) in [5.74, 6) is 1.90. The first-order chi connectivity index (χ1) is 10.2. The summed E-state index contributed by atoms with van der Waals surface area (Å²) in [6.45, 7) is 10.8. The Hall–Kier alpha value is -1.81. The van der Waals surface area contributed by atoms with Crippen molar-refractivity contribution in [2.45, 2.75) is 46.9 Å². The van der Waals surface area contributed by atoms with E-state index in [1.807, 2.05) is 12.4 Å². The van der Waals surface area contributed by atoms with Gasteiger partial charge in [-0.25, -0.2) is 4.98 Å². The fraction of sp³-hybridized carbons (Fsp3) is 0.471. The Morgan fingerprint density at radius 2 is 2.14 bits per heavy atom. The second-order valence-electron chi connectivity index (χ2n) is 5.24. The van der Waals surface area contributed by atoms with E-state index >= 15 is 0 Å². The van der Waals surface area contributed by atoms with Crippen LogP contribution in [0.15, 0.2) is 30.6 Å². The number of nitrogens with zero attached hydrogens (tertiary/aromatic N) is 2. The first kappa shape index (κ1) is 15.6. The predicted molar refractivity (Wildman–Crippen MR) is 85.5 cm³/mol. The molecule has 0 saturated heterocycles. The van der Waals surface area contributed by atoms with E-state index in [2.05, 4.69) is 60.8 Å². The summed E-state index contributed by atoms with van der Waals surface area (Å²) in [7, 11) is 0. The molecule has 1 aromatic heterocycles. The molecule has 2 rings (SSSR count). The maximum Gasteiger partial charge on any atom is 0.146 e. The number of hydrogen-bond acceptors (Lipinski definition) is 3. The molecule has 0 bridgehead atoms. The minimum absolute atomic E-state index is 0.275. The number of benzene rings is 1. The van der Waals surface area contributed by atoms with Gasteiger partial charge in [-0.3, -0.25) is 0 Å². The lowest BCUT2D eigenvalue weighted by Crippen LogP contribution is -2.18. The summed E-state index contributed by atoms with van der Waals surface area (Å²) in [6, 6.07) is 6.65. The number of ether oxygens (including phenoxy) is 1. The molecule has 0 fully saturated rings. The van der Waals surface area contributed by atoms with Gasteiger partial charge in [-0.2, -0.15) is 0 Å². The predicted octanol–water partition coefficient (Wildman–Crippen LogP) is 3.46. The maximum atomic E-state index is 6.05. The largest absolute Gasteiger partial charge is 0.485 e. The van der Waals surface area contributed by atoms with Gasteiger partial charge < -0.3 is 14.6 Å². The molecule has 0 amide bonds. The molecule has 0 aliphatic rings. The second-order valence-corrected chi connectivity index (χ2v) is 5.24. The topological polar surface area (TPSA) is 39.1 Å². The third kappa shape index (κ3) is 3.85. The summed E-state index contributed by atoms with van der Waals surface area (Å²) in [5.41, 5.74) is 2.40. The first-order valence-electron chi connectivity index (χ1n) is 7.62. The van der Waals surface area contributed by atoms with Crippen LogP contribution in [0.25, 0.3) is 0 Å². The van der Waals surface area contributed by atoms with Crippen molar-refractivity contribution in [2.24, 2.45) is 0 Å². The van der Waals surface area contributed by atoms with Gasteiger partial charge in [-0.15, -0.1) is 0 Å². The van der Waals surface area contributed by atoms with Gasteiger partial charge in [0.2, 0.25) is 0 Å². The van der Waals surface area contributed by atoms with Crippen LogP contribution in [0.5, 0.6) is 5.75 Å². The summed E-state index contributed by atoms with van der Waals surface area (Å²) >= 11 is 0. The zero-order valence-corrected chi connectivity index (χ0v) is 13.4. The lowest BCUT2D eigenvalue weighted by Gasteiger charge is -2.18. The molecule has 4 heteroatoms. The molecule has 4 nitrogen and oxygen atoms in total. The third-order valence-corrected chi connectivity index (χ3v) is 3.65. The molecule has 0 radical (unpaired) electrons. The van der Waals surface area contributed by atoms with Crippen LogP contribution in [0.2, 0.25) is 0 Å². The Morgan fingerprint density at radius 3 is 2.86 bits per heavy atom. The van der Waals surface area contributed by atoms with E-state index in [4.69, 9.17) is 4.74 Å². The lowest BCUT2D eigenvalue weighted by molar-refractivity contribution is 0.284. The highest BCUT2D eigenvalue weighted by molar-refractivity contribution is 5.39. The molecular formula is C17H25N3O. The Kier molecular flexibility index (Phi) is 5.39. The van der Waals surface area contributed by atoms with Crippen molar-refractivity contribution in [3.8, 4) is 5.75 Å². The average molecular weight is 287 g/mol. The van der Waals surface area contributed by atoms with E-state index in [0.717, 1.165) is 24.7 Å². The van der Waals surface area contributed by atoms with Gasteiger partial charge in [0.05, 0.1) is 0 Å². The minimum Gasteiger partial charge on any atom is -0.485 e. The molecular weight excluding hydrogens is 262 g/mol. The third-order valence-electron chi connectivity index (χ3n) is 3.65. The molecule has 114 valence electrons. The van der Waals surface area contributed by atoms with Crippen LogP contribution >= 0.6 is 0 Å². The highest BCUT2D eigenvalue weighted by Gasteiger charge is 2.12. The molecule has 1 aromatic carbocycles. The Morgan fingerprint density at radius 1 is 1.33 bits per heavy atom. The van der Waals surface area contributed by atoms with Crippen molar-refractivity contribution in [1.82, 2.24) is 14.9 Å². The van der Waals surface area contributed by atoms with Crippen molar-refractivity contribution in [3.63, 3.8) is 0 Å². The van der Waals surface area contributed by atoms with Crippen molar-refractivity contribution in [2.75, 3.05) is 6.54 Å². The molecule has 1 heterocycles. The number of imidazole rings is 1. The number of nitrogens with one attached hydrogen (secondary N) is 1. The van der Waals surface area contributed by atoms with E-state index in [9.17, 15) is 0 Å². The lowest BCUT2D eigenvalue weighted by atomic mass is 10.0. The highest BCUT2D eigenvalue weighted by Crippen LogP contribution is 2.27.